The lowest BCUT2D eigenvalue weighted by molar-refractivity contribution is -0.384. The average Bonchev–Trinajstić information content (AvgIpc) is 2.49. The summed E-state index contributed by atoms with van der Waals surface area (Å²) in [6, 6.07) is 11.2. The van der Waals surface area contributed by atoms with E-state index in [4.69, 9.17) is 5.73 Å². The van der Waals surface area contributed by atoms with Gasteiger partial charge in [0.1, 0.15) is 0 Å². The molecule has 1 unspecified atom stereocenters. The van der Waals surface area contributed by atoms with E-state index in [-0.39, 0.29) is 17.5 Å². The molecule has 0 saturated carbocycles. The zero-order valence-electron chi connectivity index (χ0n) is 11.8. The smallest absolute Gasteiger partial charge is 0.311 e. The first-order valence-electron chi connectivity index (χ1n) is 6.73. The van der Waals surface area contributed by atoms with E-state index >= 15 is 0 Å². The summed E-state index contributed by atoms with van der Waals surface area (Å²) >= 11 is 0. The molecular weight excluding hydrogens is 268 g/mol. The Balaban J connectivity index is 1.96. The van der Waals surface area contributed by atoms with Gasteiger partial charge in [0, 0.05) is 24.8 Å². The second-order valence-electron chi connectivity index (χ2n) is 4.87. The normalized spacial score (nSPS) is 11.9. The van der Waals surface area contributed by atoms with Gasteiger partial charge in [0.25, 0.3) is 0 Å². The van der Waals surface area contributed by atoms with Crippen molar-refractivity contribution in [3.8, 4) is 0 Å². The zero-order chi connectivity index (χ0) is 15.2. The van der Waals surface area contributed by atoms with Crippen molar-refractivity contribution in [2.24, 2.45) is 5.73 Å². The highest BCUT2D eigenvalue weighted by molar-refractivity contribution is 5.56. The molecule has 1 heterocycles. The fraction of sp³-hybridized carbons (Fsp3) is 0.267. The highest BCUT2D eigenvalue weighted by Crippen LogP contribution is 2.23. The van der Waals surface area contributed by atoms with Crippen molar-refractivity contribution in [2.75, 3.05) is 11.9 Å². The van der Waals surface area contributed by atoms with E-state index in [0.29, 0.717) is 13.0 Å². The molecule has 1 atom stereocenters. The number of anilines is 1. The molecule has 110 valence electrons. The van der Waals surface area contributed by atoms with E-state index in [9.17, 15) is 10.1 Å². The van der Waals surface area contributed by atoms with Gasteiger partial charge >= 0.3 is 5.69 Å². The van der Waals surface area contributed by atoms with E-state index in [0.717, 1.165) is 11.1 Å². The Bertz CT molecular complexity index is 616. The van der Waals surface area contributed by atoms with Crippen molar-refractivity contribution in [2.45, 2.75) is 19.4 Å². The zero-order valence-corrected chi connectivity index (χ0v) is 11.8. The fourth-order valence-corrected chi connectivity index (χ4v) is 2.04. The minimum Gasteiger partial charge on any atom is -0.364 e. The minimum absolute atomic E-state index is 0.0108. The first-order valence-corrected chi connectivity index (χ1v) is 6.73. The monoisotopic (exact) mass is 286 g/mol. The number of nitrogens with zero attached hydrogens (tertiary/aromatic N) is 2. The number of nitro groups is 1. The van der Waals surface area contributed by atoms with Crippen LogP contribution < -0.4 is 11.1 Å². The maximum Gasteiger partial charge on any atom is 0.311 e. The summed E-state index contributed by atoms with van der Waals surface area (Å²) < 4.78 is 0. The first-order chi connectivity index (χ1) is 10.1. The van der Waals surface area contributed by atoms with Gasteiger partial charge in [-0.2, -0.15) is 0 Å². The lowest BCUT2D eigenvalue weighted by Gasteiger charge is -2.13. The van der Waals surface area contributed by atoms with Crippen LogP contribution in [-0.4, -0.2) is 16.5 Å². The number of aromatic nitrogens is 1. The molecule has 3 N–H and O–H groups in total. The van der Waals surface area contributed by atoms with Gasteiger partial charge in [0.05, 0.1) is 4.92 Å². The Kier molecular flexibility index (Phi) is 4.84. The fourth-order valence-electron chi connectivity index (χ4n) is 2.04. The Morgan fingerprint density at radius 1 is 1.38 bits per heavy atom. The highest BCUT2D eigenvalue weighted by Gasteiger charge is 2.15. The molecule has 1 aromatic heterocycles. The summed E-state index contributed by atoms with van der Waals surface area (Å²) in [6.45, 7) is 2.29. The van der Waals surface area contributed by atoms with Gasteiger partial charge in [-0.1, -0.05) is 30.3 Å². The second kappa shape index (κ2) is 6.81. The first kappa shape index (κ1) is 14.9. The molecule has 0 aliphatic rings. The van der Waals surface area contributed by atoms with Crippen molar-refractivity contribution in [3.63, 3.8) is 0 Å². The summed E-state index contributed by atoms with van der Waals surface area (Å²) in [6.07, 6.45) is 2.27. The number of aryl methyl sites for hydroxylation is 1. The molecule has 0 aliphatic heterocycles. The molecule has 0 radical (unpaired) electrons. The number of rotatable bonds is 6. The summed E-state index contributed by atoms with van der Waals surface area (Å²) in [5.41, 5.74) is 7.88. The number of pyridine rings is 1. The number of benzene rings is 1. The van der Waals surface area contributed by atoms with Gasteiger partial charge in [-0.3, -0.25) is 10.1 Å². The van der Waals surface area contributed by atoms with Crippen LogP contribution in [0.2, 0.25) is 0 Å². The molecule has 6 heteroatoms. The molecule has 2 aromatic rings. The Morgan fingerprint density at radius 2 is 2.10 bits per heavy atom. The Labute approximate surface area is 123 Å². The van der Waals surface area contributed by atoms with Crippen molar-refractivity contribution in [1.82, 2.24) is 4.98 Å². The Hall–Kier alpha value is -2.47. The van der Waals surface area contributed by atoms with Gasteiger partial charge in [-0.25, -0.2) is 4.98 Å². The van der Waals surface area contributed by atoms with E-state index in [1.165, 1.54) is 6.07 Å². The van der Waals surface area contributed by atoms with Crippen molar-refractivity contribution >= 4 is 11.5 Å². The third-order valence-electron chi connectivity index (χ3n) is 3.18. The van der Waals surface area contributed by atoms with Crippen LogP contribution in [0.25, 0.3) is 0 Å². The second-order valence-corrected chi connectivity index (χ2v) is 4.87. The van der Waals surface area contributed by atoms with Crippen LogP contribution in [0.4, 0.5) is 11.5 Å². The standard InChI is InChI=1S/C15H18N4O2/c1-11-9-14(19(20)21)15(18-10-11)17-8-7-13(16)12-5-3-2-4-6-12/h2-6,9-10,13H,7-8,16H2,1H3,(H,17,18). The summed E-state index contributed by atoms with van der Waals surface area (Å²) in [5.74, 6) is 0.283. The molecule has 0 aliphatic carbocycles. The lowest BCUT2D eigenvalue weighted by Crippen LogP contribution is -2.16. The predicted octanol–water partition coefficient (Wildman–Crippen LogP) is 2.80. The summed E-state index contributed by atoms with van der Waals surface area (Å²) in [4.78, 5) is 14.6. The summed E-state index contributed by atoms with van der Waals surface area (Å²) in [7, 11) is 0. The SMILES string of the molecule is Cc1cnc(NCCC(N)c2ccccc2)c([N+](=O)[O-])c1. The van der Waals surface area contributed by atoms with Crippen LogP contribution in [0.1, 0.15) is 23.6 Å². The molecule has 6 nitrogen and oxygen atoms in total. The lowest BCUT2D eigenvalue weighted by atomic mass is 10.1. The molecule has 0 bridgehead atoms. The van der Waals surface area contributed by atoms with E-state index < -0.39 is 4.92 Å². The number of nitrogens with one attached hydrogen (secondary N) is 1. The van der Waals surface area contributed by atoms with Crippen LogP contribution in [-0.2, 0) is 0 Å². The van der Waals surface area contributed by atoms with Gasteiger partial charge < -0.3 is 11.1 Å². The van der Waals surface area contributed by atoms with Crippen LogP contribution in [0.5, 0.6) is 0 Å². The van der Waals surface area contributed by atoms with E-state index in [1.807, 2.05) is 30.3 Å². The van der Waals surface area contributed by atoms with Gasteiger partial charge in [-0.05, 0) is 24.5 Å². The molecule has 21 heavy (non-hydrogen) atoms. The third kappa shape index (κ3) is 4.00. The number of hydrogen-bond donors (Lipinski definition) is 2. The maximum absolute atomic E-state index is 11.0. The van der Waals surface area contributed by atoms with E-state index in [2.05, 4.69) is 10.3 Å². The number of nitrogens with two attached hydrogens (primary N) is 1. The van der Waals surface area contributed by atoms with Crippen LogP contribution in [0.3, 0.4) is 0 Å². The minimum atomic E-state index is -0.431. The Morgan fingerprint density at radius 3 is 2.76 bits per heavy atom. The molecule has 0 saturated heterocycles. The van der Waals surface area contributed by atoms with Gasteiger partial charge in [-0.15, -0.1) is 0 Å². The summed E-state index contributed by atoms with van der Waals surface area (Å²) in [5, 5.41) is 14.0. The largest absolute Gasteiger partial charge is 0.364 e. The highest BCUT2D eigenvalue weighted by atomic mass is 16.6. The van der Waals surface area contributed by atoms with Crippen molar-refractivity contribution < 1.29 is 4.92 Å². The molecule has 0 amide bonds. The molecule has 2 rings (SSSR count). The van der Waals surface area contributed by atoms with Crippen molar-refractivity contribution in [1.29, 1.82) is 0 Å². The van der Waals surface area contributed by atoms with Crippen LogP contribution in [0.15, 0.2) is 42.6 Å². The molecule has 1 aromatic carbocycles. The van der Waals surface area contributed by atoms with Crippen LogP contribution >= 0.6 is 0 Å². The molecule has 0 fully saturated rings. The topological polar surface area (TPSA) is 94.1 Å². The quantitative estimate of drug-likeness (QED) is 0.629. The number of hydrogen-bond acceptors (Lipinski definition) is 5. The third-order valence-corrected chi connectivity index (χ3v) is 3.18. The molecule has 0 spiro atoms. The van der Waals surface area contributed by atoms with Gasteiger partial charge in [0.15, 0.2) is 0 Å². The average molecular weight is 286 g/mol. The van der Waals surface area contributed by atoms with Crippen LogP contribution in [0, 0.1) is 17.0 Å². The van der Waals surface area contributed by atoms with E-state index in [1.54, 1.807) is 13.1 Å². The van der Waals surface area contributed by atoms with Crippen molar-refractivity contribution in [3.05, 3.63) is 63.8 Å². The molecular formula is C15H18N4O2. The predicted molar refractivity (Wildman–Crippen MR) is 82.1 cm³/mol. The maximum atomic E-state index is 11.0. The van der Waals surface area contributed by atoms with Gasteiger partial charge in [0.2, 0.25) is 5.82 Å².